The Morgan fingerprint density at radius 2 is 2.24 bits per heavy atom. The van der Waals surface area contributed by atoms with Gasteiger partial charge in [-0.3, -0.25) is 0 Å². The van der Waals surface area contributed by atoms with Crippen LogP contribution in [0.2, 0.25) is 0 Å². The van der Waals surface area contributed by atoms with Gasteiger partial charge in [0.15, 0.2) is 0 Å². The first-order chi connectivity index (χ1) is 10.0. The molecule has 0 spiro atoms. The highest BCUT2D eigenvalue weighted by atomic mass is 79.9. The van der Waals surface area contributed by atoms with Crippen molar-refractivity contribution in [1.29, 1.82) is 0 Å². The molecule has 0 saturated carbocycles. The number of rotatable bonds is 5. The summed E-state index contributed by atoms with van der Waals surface area (Å²) in [6, 6.07) is 6.78. The van der Waals surface area contributed by atoms with Gasteiger partial charge in [0, 0.05) is 29.3 Å². The molecule has 118 valence electrons. The Morgan fingerprint density at radius 3 is 2.90 bits per heavy atom. The molecule has 3 nitrogen and oxygen atoms in total. The fraction of sp³-hybridized carbons (Fsp3) is 0.647. The van der Waals surface area contributed by atoms with Crippen LogP contribution in [0.5, 0.6) is 0 Å². The summed E-state index contributed by atoms with van der Waals surface area (Å²) in [4.78, 5) is 2.33. The fourth-order valence-corrected chi connectivity index (χ4v) is 3.28. The Kier molecular flexibility index (Phi) is 6.08. The minimum absolute atomic E-state index is 0.228. The zero-order chi connectivity index (χ0) is 15.4. The number of aliphatic hydroxyl groups is 1. The van der Waals surface area contributed by atoms with Crippen LogP contribution in [-0.2, 0) is 0 Å². The predicted octanol–water partition coefficient (Wildman–Crippen LogP) is 3.72. The molecule has 1 aromatic carbocycles. The van der Waals surface area contributed by atoms with Crippen molar-refractivity contribution in [3.05, 3.63) is 28.2 Å². The van der Waals surface area contributed by atoms with Crippen molar-refractivity contribution in [1.82, 2.24) is 5.32 Å². The largest absolute Gasteiger partial charge is 0.391 e. The SMILES string of the molecule is CCCNC(C)c1cc(Br)ccc1N1CCC(C)C(O)C1. The van der Waals surface area contributed by atoms with Crippen molar-refractivity contribution in [2.75, 3.05) is 24.5 Å². The second-order valence-electron chi connectivity index (χ2n) is 6.16. The standard InChI is InChI=1S/C17H27BrN2O/c1-4-8-19-13(3)15-10-14(18)5-6-16(15)20-9-7-12(2)17(21)11-20/h5-6,10,12-13,17,19,21H,4,7-9,11H2,1-3H3. The number of piperidine rings is 1. The molecule has 0 aromatic heterocycles. The maximum Gasteiger partial charge on any atom is 0.0741 e. The first-order valence-electron chi connectivity index (χ1n) is 7.98. The Bertz CT molecular complexity index is 466. The summed E-state index contributed by atoms with van der Waals surface area (Å²) in [6.45, 7) is 9.31. The first kappa shape index (κ1) is 16.8. The molecule has 0 radical (unpaired) electrons. The molecule has 3 atom stereocenters. The molecule has 1 saturated heterocycles. The highest BCUT2D eigenvalue weighted by molar-refractivity contribution is 9.10. The summed E-state index contributed by atoms with van der Waals surface area (Å²) >= 11 is 3.58. The van der Waals surface area contributed by atoms with E-state index in [1.165, 1.54) is 11.3 Å². The van der Waals surface area contributed by atoms with Crippen LogP contribution < -0.4 is 10.2 Å². The van der Waals surface area contributed by atoms with E-state index in [-0.39, 0.29) is 6.10 Å². The Labute approximate surface area is 136 Å². The molecule has 0 amide bonds. The summed E-state index contributed by atoms with van der Waals surface area (Å²) < 4.78 is 1.11. The molecule has 0 aliphatic carbocycles. The molecule has 1 aromatic rings. The van der Waals surface area contributed by atoms with Gasteiger partial charge in [-0.15, -0.1) is 0 Å². The Balaban J connectivity index is 2.22. The van der Waals surface area contributed by atoms with Crippen molar-refractivity contribution >= 4 is 21.6 Å². The number of nitrogens with one attached hydrogen (secondary N) is 1. The number of hydrogen-bond donors (Lipinski definition) is 2. The fourth-order valence-electron chi connectivity index (χ4n) is 2.90. The third-order valence-corrected chi connectivity index (χ3v) is 4.91. The van der Waals surface area contributed by atoms with Crippen molar-refractivity contribution in [2.45, 2.75) is 45.8 Å². The van der Waals surface area contributed by atoms with Crippen LogP contribution in [0, 0.1) is 5.92 Å². The van der Waals surface area contributed by atoms with Crippen LogP contribution in [0.3, 0.4) is 0 Å². The lowest BCUT2D eigenvalue weighted by Gasteiger charge is -2.37. The molecule has 0 bridgehead atoms. The van der Waals surface area contributed by atoms with Crippen molar-refractivity contribution < 1.29 is 5.11 Å². The molecular weight excluding hydrogens is 328 g/mol. The number of β-amino-alcohol motifs (C(OH)–C–C–N with tert-alkyl or cyclic N) is 1. The molecule has 1 fully saturated rings. The second-order valence-corrected chi connectivity index (χ2v) is 7.07. The zero-order valence-corrected chi connectivity index (χ0v) is 14.9. The van der Waals surface area contributed by atoms with Gasteiger partial charge in [0.25, 0.3) is 0 Å². The number of nitrogens with zero attached hydrogens (tertiary/aromatic N) is 1. The van der Waals surface area contributed by atoms with Crippen LogP contribution in [-0.4, -0.2) is 30.8 Å². The van der Waals surface area contributed by atoms with Crippen LogP contribution in [0.4, 0.5) is 5.69 Å². The molecule has 21 heavy (non-hydrogen) atoms. The predicted molar refractivity (Wildman–Crippen MR) is 92.9 cm³/mol. The number of hydrogen-bond acceptors (Lipinski definition) is 3. The number of aliphatic hydroxyl groups excluding tert-OH is 1. The number of benzene rings is 1. The quantitative estimate of drug-likeness (QED) is 0.845. The van der Waals surface area contributed by atoms with Gasteiger partial charge >= 0.3 is 0 Å². The average Bonchev–Trinajstić information content (AvgIpc) is 2.47. The highest BCUT2D eigenvalue weighted by Crippen LogP contribution is 2.32. The number of halogens is 1. The van der Waals surface area contributed by atoms with Crippen molar-refractivity contribution in [3.63, 3.8) is 0 Å². The lowest BCUT2D eigenvalue weighted by atomic mass is 9.94. The van der Waals surface area contributed by atoms with E-state index in [1.807, 2.05) is 0 Å². The van der Waals surface area contributed by atoms with Gasteiger partial charge in [0.1, 0.15) is 0 Å². The lowest BCUT2D eigenvalue weighted by molar-refractivity contribution is 0.103. The van der Waals surface area contributed by atoms with Crippen molar-refractivity contribution in [2.24, 2.45) is 5.92 Å². The van der Waals surface area contributed by atoms with Crippen LogP contribution in [0.25, 0.3) is 0 Å². The van der Waals surface area contributed by atoms with Gasteiger partial charge in [-0.05, 0) is 56.0 Å². The summed E-state index contributed by atoms with van der Waals surface area (Å²) in [5.74, 6) is 0.399. The topological polar surface area (TPSA) is 35.5 Å². The highest BCUT2D eigenvalue weighted by Gasteiger charge is 2.26. The smallest absolute Gasteiger partial charge is 0.0741 e. The van der Waals surface area contributed by atoms with E-state index in [2.05, 4.69) is 65.1 Å². The first-order valence-corrected chi connectivity index (χ1v) is 8.78. The minimum atomic E-state index is -0.228. The molecule has 1 heterocycles. The lowest BCUT2D eigenvalue weighted by Crippen LogP contribution is -2.43. The van der Waals surface area contributed by atoms with Crippen molar-refractivity contribution in [3.8, 4) is 0 Å². The summed E-state index contributed by atoms with van der Waals surface area (Å²) in [5, 5.41) is 13.7. The zero-order valence-electron chi connectivity index (χ0n) is 13.3. The summed E-state index contributed by atoms with van der Waals surface area (Å²) in [7, 11) is 0. The molecule has 1 aliphatic heterocycles. The van der Waals surface area contributed by atoms with Gasteiger partial charge in [-0.25, -0.2) is 0 Å². The summed E-state index contributed by atoms with van der Waals surface area (Å²) in [6.07, 6.45) is 1.95. The normalized spacial score (nSPS) is 24.1. The third kappa shape index (κ3) is 4.21. The Hall–Kier alpha value is -0.580. The second kappa shape index (κ2) is 7.61. The Morgan fingerprint density at radius 1 is 1.48 bits per heavy atom. The average molecular weight is 355 g/mol. The van der Waals surface area contributed by atoms with E-state index in [0.29, 0.717) is 12.0 Å². The number of anilines is 1. The molecule has 4 heteroatoms. The van der Waals surface area contributed by atoms with E-state index in [0.717, 1.165) is 36.9 Å². The maximum atomic E-state index is 10.2. The molecule has 1 aliphatic rings. The van der Waals surface area contributed by atoms with Crippen LogP contribution >= 0.6 is 15.9 Å². The van der Waals surface area contributed by atoms with E-state index in [4.69, 9.17) is 0 Å². The molecular formula is C17H27BrN2O. The molecule has 2 N–H and O–H groups in total. The monoisotopic (exact) mass is 354 g/mol. The van der Waals surface area contributed by atoms with Crippen LogP contribution in [0.1, 0.15) is 45.2 Å². The van der Waals surface area contributed by atoms with E-state index in [9.17, 15) is 5.11 Å². The van der Waals surface area contributed by atoms with Gasteiger partial charge in [0.05, 0.1) is 6.10 Å². The van der Waals surface area contributed by atoms with Gasteiger partial charge in [0.2, 0.25) is 0 Å². The van der Waals surface area contributed by atoms with Gasteiger partial charge in [-0.2, -0.15) is 0 Å². The third-order valence-electron chi connectivity index (χ3n) is 4.42. The van der Waals surface area contributed by atoms with Crippen LogP contribution in [0.15, 0.2) is 22.7 Å². The van der Waals surface area contributed by atoms with Gasteiger partial charge < -0.3 is 15.3 Å². The minimum Gasteiger partial charge on any atom is -0.391 e. The van der Waals surface area contributed by atoms with E-state index < -0.39 is 0 Å². The van der Waals surface area contributed by atoms with E-state index >= 15 is 0 Å². The molecule has 3 unspecified atom stereocenters. The molecule has 2 rings (SSSR count). The maximum absolute atomic E-state index is 10.2. The van der Waals surface area contributed by atoms with E-state index in [1.54, 1.807) is 0 Å². The van der Waals surface area contributed by atoms with Gasteiger partial charge in [-0.1, -0.05) is 29.8 Å². The summed E-state index contributed by atoms with van der Waals surface area (Å²) in [5.41, 5.74) is 2.56.